The van der Waals surface area contributed by atoms with Crippen LogP contribution < -0.4 is 4.90 Å². The van der Waals surface area contributed by atoms with Gasteiger partial charge in [0.2, 0.25) is 4.90 Å². The normalized spacial score (nSPS) is 15.8. The smallest absolute Gasteiger partial charge is 0.263 e. The van der Waals surface area contributed by atoms with E-state index in [-0.39, 0.29) is 0 Å². The highest BCUT2D eigenvalue weighted by atomic mass is 32.2. The molecule has 3 nitrogen and oxygen atoms in total. The zero-order valence-electron chi connectivity index (χ0n) is 14.5. The number of fused-ring (bicyclic) bond motifs is 4. The van der Waals surface area contributed by atoms with Gasteiger partial charge in [0.25, 0.3) is 5.88 Å². The third-order valence-corrected chi connectivity index (χ3v) is 6.33. The third-order valence-electron chi connectivity index (χ3n) is 4.82. The van der Waals surface area contributed by atoms with E-state index in [1.807, 2.05) is 48.5 Å². The summed E-state index contributed by atoms with van der Waals surface area (Å²) in [5.41, 5.74) is 5.07. The standard InChI is InChI=1S/C22H17NO2S/c1-14-11-12-17(15(2)13-14)23-18-8-4-6-10-20(18)26(24)21-16-7-3-5-9-19(16)25-22(21)23/h3-13H,1-2H3. The Morgan fingerprint density at radius 1 is 0.885 bits per heavy atom. The van der Waals surface area contributed by atoms with Gasteiger partial charge < -0.3 is 8.97 Å². The van der Waals surface area contributed by atoms with E-state index in [1.165, 1.54) is 5.56 Å². The van der Waals surface area contributed by atoms with Crippen LogP contribution in [0.1, 0.15) is 11.1 Å². The summed E-state index contributed by atoms with van der Waals surface area (Å²) in [6.45, 7) is 4.18. The lowest BCUT2D eigenvalue weighted by Crippen LogP contribution is -2.21. The minimum absolute atomic E-state index is 0.648. The van der Waals surface area contributed by atoms with Crippen molar-refractivity contribution in [2.45, 2.75) is 23.6 Å². The van der Waals surface area contributed by atoms with E-state index >= 15 is 0 Å². The molecule has 0 radical (unpaired) electrons. The fourth-order valence-electron chi connectivity index (χ4n) is 3.65. The molecule has 1 aliphatic rings. The lowest BCUT2D eigenvalue weighted by atomic mass is 10.1. The minimum Gasteiger partial charge on any atom is -0.606 e. The van der Waals surface area contributed by atoms with Crippen LogP contribution in [0, 0.1) is 13.8 Å². The SMILES string of the molecule is Cc1ccc(N2c3ccccc3[S+]([O-])c3c2oc2ccccc32)c(C)c1. The van der Waals surface area contributed by atoms with Crippen LogP contribution in [0.25, 0.3) is 11.0 Å². The molecular formula is C22H17NO2S. The summed E-state index contributed by atoms with van der Waals surface area (Å²) in [6, 6.07) is 22.0. The first-order chi connectivity index (χ1) is 12.6. The number of furan rings is 1. The van der Waals surface area contributed by atoms with Crippen molar-refractivity contribution in [3.63, 3.8) is 0 Å². The molecule has 3 aromatic carbocycles. The number of benzene rings is 3. The van der Waals surface area contributed by atoms with Crippen molar-refractivity contribution in [1.29, 1.82) is 0 Å². The monoisotopic (exact) mass is 359 g/mol. The molecular weight excluding hydrogens is 342 g/mol. The van der Waals surface area contributed by atoms with E-state index in [4.69, 9.17) is 4.42 Å². The van der Waals surface area contributed by atoms with Gasteiger partial charge in [0.15, 0.2) is 4.90 Å². The fourth-order valence-corrected chi connectivity index (χ4v) is 5.08. The molecule has 0 saturated carbocycles. The fraction of sp³-hybridized carbons (Fsp3) is 0.0909. The molecule has 0 spiro atoms. The molecule has 0 aliphatic carbocycles. The van der Waals surface area contributed by atoms with Crippen LogP contribution in [0.4, 0.5) is 17.3 Å². The zero-order valence-corrected chi connectivity index (χ0v) is 15.3. The number of para-hydroxylation sites is 2. The van der Waals surface area contributed by atoms with Gasteiger partial charge in [0.1, 0.15) is 11.3 Å². The van der Waals surface area contributed by atoms with Crippen LogP contribution >= 0.6 is 0 Å². The maximum absolute atomic E-state index is 13.3. The van der Waals surface area contributed by atoms with Gasteiger partial charge in [-0.05, 0) is 49.7 Å². The highest BCUT2D eigenvalue weighted by Gasteiger charge is 2.40. The Morgan fingerprint density at radius 3 is 2.50 bits per heavy atom. The van der Waals surface area contributed by atoms with Gasteiger partial charge >= 0.3 is 0 Å². The Kier molecular flexibility index (Phi) is 3.39. The number of hydrogen-bond donors (Lipinski definition) is 0. The van der Waals surface area contributed by atoms with E-state index in [9.17, 15) is 4.55 Å². The number of nitrogens with zero attached hydrogens (tertiary/aromatic N) is 1. The van der Waals surface area contributed by atoms with E-state index in [0.29, 0.717) is 5.88 Å². The highest BCUT2D eigenvalue weighted by Crippen LogP contribution is 2.52. The Bertz CT molecular complexity index is 1150. The summed E-state index contributed by atoms with van der Waals surface area (Å²) in [5.74, 6) is 0.648. The van der Waals surface area contributed by atoms with Crippen molar-refractivity contribution >= 4 is 39.4 Å². The summed E-state index contributed by atoms with van der Waals surface area (Å²) in [5, 5.41) is 0.908. The summed E-state index contributed by atoms with van der Waals surface area (Å²) in [7, 11) is 0. The van der Waals surface area contributed by atoms with Crippen molar-refractivity contribution in [3.8, 4) is 0 Å². The number of hydrogen-bond acceptors (Lipinski definition) is 3. The molecule has 1 atom stereocenters. The first-order valence-corrected chi connectivity index (χ1v) is 9.70. The van der Waals surface area contributed by atoms with Gasteiger partial charge in [0, 0.05) is 11.2 Å². The summed E-state index contributed by atoms with van der Waals surface area (Å²) >= 11 is -1.27. The number of aryl methyl sites for hydroxylation is 2. The molecule has 26 heavy (non-hydrogen) atoms. The maximum Gasteiger partial charge on any atom is 0.263 e. The van der Waals surface area contributed by atoms with Crippen LogP contribution in [0.3, 0.4) is 0 Å². The summed E-state index contributed by atoms with van der Waals surface area (Å²) < 4.78 is 19.5. The second kappa shape index (κ2) is 5.66. The molecule has 128 valence electrons. The Labute approximate surface area is 155 Å². The average Bonchev–Trinajstić information content (AvgIpc) is 3.03. The Hall–Kier alpha value is -2.69. The van der Waals surface area contributed by atoms with E-state index < -0.39 is 11.2 Å². The zero-order chi connectivity index (χ0) is 17.8. The number of anilines is 3. The van der Waals surface area contributed by atoms with Crippen LogP contribution in [0.2, 0.25) is 0 Å². The molecule has 1 unspecified atom stereocenters. The second-order valence-corrected chi connectivity index (χ2v) is 7.98. The van der Waals surface area contributed by atoms with E-state index in [1.54, 1.807) is 0 Å². The molecule has 4 aromatic rings. The average molecular weight is 359 g/mol. The predicted octanol–water partition coefficient (Wildman–Crippen LogP) is 6.00. The van der Waals surface area contributed by atoms with E-state index in [0.717, 1.165) is 37.7 Å². The third kappa shape index (κ3) is 2.13. The molecule has 0 amide bonds. The second-order valence-electron chi connectivity index (χ2n) is 6.59. The van der Waals surface area contributed by atoms with Crippen LogP contribution in [-0.4, -0.2) is 4.55 Å². The maximum atomic E-state index is 13.3. The molecule has 1 aromatic heterocycles. The van der Waals surface area contributed by atoms with Crippen LogP contribution in [-0.2, 0) is 11.2 Å². The molecule has 0 bridgehead atoms. The van der Waals surface area contributed by atoms with Crippen molar-refractivity contribution in [3.05, 3.63) is 77.9 Å². The molecule has 0 fully saturated rings. The topological polar surface area (TPSA) is 39.4 Å². The molecule has 4 heteroatoms. The predicted molar refractivity (Wildman–Crippen MR) is 105 cm³/mol. The Morgan fingerprint density at radius 2 is 1.65 bits per heavy atom. The molecule has 1 aliphatic heterocycles. The first kappa shape index (κ1) is 15.6. The largest absolute Gasteiger partial charge is 0.606 e. The van der Waals surface area contributed by atoms with Crippen LogP contribution in [0.5, 0.6) is 0 Å². The molecule has 0 N–H and O–H groups in total. The Balaban J connectivity index is 1.87. The van der Waals surface area contributed by atoms with Crippen molar-refractivity contribution < 1.29 is 8.97 Å². The molecule has 0 saturated heterocycles. The summed E-state index contributed by atoms with van der Waals surface area (Å²) in [4.78, 5) is 3.66. The van der Waals surface area contributed by atoms with Gasteiger partial charge in [-0.25, -0.2) is 0 Å². The summed E-state index contributed by atoms with van der Waals surface area (Å²) in [6.07, 6.45) is 0. The number of rotatable bonds is 1. The molecule has 5 rings (SSSR count). The minimum atomic E-state index is -1.27. The molecule has 2 heterocycles. The van der Waals surface area contributed by atoms with Crippen molar-refractivity contribution in [2.24, 2.45) is 0 Å². The van der Waals surface area contributed by atoms with Gasteiger partial charge in [0.05, 0.1) is 11.1 Å². The lowest BCUT2D eigenvalue weighted by Gasteiger charge is -2.30. The lowest BCUT2D eigenvalue weighted by molar-refractivity contribution is 0.580. The van der Waals surface area contributed by atoms with Gasteiger partial charge in [-0.1, -0.05) is 42.0 Å². The van der Waals surface area contributed by atoms with Crippen LogP contribution in [0.15, 0.2) is 80.9 Å². The highest BCUT2D eigenvalue weighted by molar-refractivity contribution is 7.92. The van der Waals surface area contributed by atoms with Gasteiger partial charge in [-0.2, -0.15) is 0 Å². The van der Waals surface area contributed by atoms with Crippen molar-refractivity contribution in [1.82, 2.24) is 0 Å². The van der Waals surface area contributed by atoms with E-state index in [2.05, 4.69) is 36.9 Å². The quantitative estimate of drug-likeness (QED) is 0.391. The van der Waals surface area contributed by atoms with Gasteiger partial charge in [-0.3, -0.25) is 4.90 Å². The first-order valence-electron chi connectivity index (χ1n) is 8.55. The van der Waals surface area contributed by atoms with Gasteiger partial charge in [-0.15, -0.1) is 0 Å². The van der Waals surface area contributed by atoms with Crippen molar-refractivity contribution in [2.75, 3.05) is 4.90 Å².